The molecule has 1 aromatic carbocycles. The minimum Gasteiger partial charge on any atom is -0.363 e. The van der Waals surface area contributed by atoms with Crippen LogP contribution in [0.4, 0.5) is 14.5 Å². The van der Waals surface area contributed by atoms with Crippen LogP contribution in [-0.2, 0) is 0 Å². The van der Waals surface area contributed by atoms with Crippen LogP contribution in [0.2, 0.25) is 0 Å². The normalized spacial score (nSPS) is 25.4. The number of halogens is 2. The van der Waals surface area contributed by atoms with E-state index in [2.05, 4.69) is 12.2 Å². The van der Waals surface area contributed by atoms with Gasteiger partial charge in [0, 0.05) is 30.7 Å². The van der Waals surface area contributed by atoms with E-state index in [0.717, 1.165) is 25.9 Å². The highest BCUT2D eigenvalue weighted by molar-refractivity contribution is 5.51. The van der Waals surface area contributed by atoms with Crippen molar-refractivity contribution in [1.29, 1.82) is 0 Å². The molecule has 4 heteroatoms. The molecular formula is C16H22F2N2. The maximum atomic E-state index is 14.2. The summed E-state index contributed by atoms with van der Waals surface area (Å²) in [5.74, 6) is -0.640. The molecule has 0 bridgehead atoms. The maximum Gasteiger partial charge on any atom is 0.146 e. The molecule has 3 rings (SSSR count). The quantitative estimate of drug-likeness (QED) is 0.848. The number of aryl methyl sites for hydroxylation is 1. The number of piperazine rings is 1. The fraction of sp³-hybridized carbons (Fsp3) is 0.625. The van der Waals surface area contributed by atoms with Gasteiger partial charge < -0.3 is 10.2 Å². The van der Waals surface area contributed by atoms with Crippen molar-refractivity contribution in [2.24, 2.45) is 0 Å². The van der Waals surface area contributed by atoms with Gasteiger partial charge in [-0.05, 0) is 38.3 Å². The maximum absolute atomic E-state index is 14.2. The van der Waals surface area contributed by atoms with Crippen LogP contribution in [0.1, 0.15) is 38.2 Å². The largest absolute Gasteiger partial charge is 0.363 e. The Kier molecular flexibility index (Phi) is 3.44. The third-order valence-corrected chi connectivity index (χ3v) is 4.88. The summed E-state index contributed by atoms with van der Waals surface area (Å²) in [6.07, 6.45) is 4.71. The van der Waals surface area contributed by atoms with Crippen molar-refractivity contribution in [3.8, 4) is 0 Å². The van der Waals surface area contributed by atoms with E-state index in [9.17, 15) is 8.78 Å². The highest BCUT2D eigenvalue weighted by Crippen LogP contribution is 2.36. The second kappa shape index (κ2) is 4.99. The summed E-state index contributed by atoms with van der Waals surface area (Å²) in [5.41, 5.74) is 0.873. The first-order chi connectivity index (χ1) is 9.51. The number of rotatable bonds is 1. The van der Waals surface area contributed by atoms with E-state index in [4.69, 9.17) is 0 Å². The third-order valence-electron chi connectivity index (χ3n) is 4.88. The third kappa shape index (κ3) is 2.30. The molecule has 1 heterocycles. The lowest BCUT2D eigenvalue weighted by Crippen LogP contribution is -2.62. The molecule has 2 aliphatic rings. The fourth-order valence-electron chi connectivity index (χ4n) is 3.58. The molecule has 1 aliphatic carbocycles. The second-order valence-corrected chi connectivity index (χ2v) is 6.40. The number of hydrogen-bond acceptors (Lipinski definition) is 2. The molecule has 1 unspecified atom stereocenters. The van der Waals surface area contributed by atoms with Gasteiger partial charge in [0.2, 0.25) is 0 Å². The Balaban J connectivity index is 1.93. The molecule has 2 fully saturated rings. The summed E-state index contributed by atoms with van der Waals surface area (Å²) in [5, 5.41) is 3.63. The number of hydrogen-bond donors (Lipinski definition) is 1. The zero-order valence-electron chi connectivity index (χ0n) is 12.2. The van der Waals surface area contributed by atoms with Crippen molar-refractivity contribution >= 4 is 5.69 Å². The minimum atomic E-state index is -0.326. The topological polar surface area (TPSA) is 15.3 Å². The van der Waals surface area contributed by atoms with E-state index in [-0.39, 0.29) is 23.2 Å². The Morgan fingerprint density at radius 3 is 2.60 bits per heavy atom. The van der Waals surface area contributed by atoms with Crippen molar-refractivity contribution in [2.75, 3.05) is 18.0 Å². The Hall–Kier alpha value is -1.16. The molecule has 1 saturated carbocycles. The van der Waals surface area contributed by atoms with Gasteiger partial charge in [0.1, 0.15) is 11.6 Å². The van der Waals surface area contributed by atoms with Crippen molar-refractivity contribution < 1.29 is 8.78 Å². The van der Waals surface area contributed by atoms with E-state index in [1.165, 1.54) is 25.0 Å². The van der Waals surface area contributed by atoms with Crippen LogP contribution in [0, 0.1) is 18.6 Å². The van der Waals surface area contributed by atoms with Gasteiger partial charge in [0.25, 0.3) is 0 Å². The minimum absolute atomic E-state index is 0.0975. The number of nitrogens with one attached hydrogen (secondary N) is 1. The van der Waals surface area contributed by atoms with Crippen molar-refractivity contribution in [2.45, 2.75) is 51.1 Å². The Morgan fingerprint density at radius 2 is 1.90 bits per heavy atom. The summed E-state index contributed by atoms with van der Waals surface area (Å²) in [7, 11) is 0. The first-order valence-electron chi connectivity index (χ1n) is 7.48. The molecule has 0 radical (unpaired) electrons. The van der Waals surface area contributed by atoms with Crippen LogP contribution < -0.4 is 10.2 Å². The first kappa shape index (κ1) is 13.8. The van der Waals surface area contributed by atoms with Crippen LogP contribution in [-0.4, -0.2) is 24.7 Å². The van der Waals surface area contributed by atoms with Gasteiger partial charge >= 0.3 is 0 Å². The highest BCUT2D eigenvalue weighted by Gasteiger charge is 2.40. The Morgan fingerprint density at radius 1 is 1.20 bits per heavy atom. The fourth-order valence-corrected chi connectivity index (χ4v) is 3.58. The zero-order chi connectivity index (χ0) is 14.3. The van der Waals surface area contributed by atoms with Crippen molar-refractivity contribution in [1.82, 2.24) is 5.32 Å². The van der Waals surface area contributed by atoms with E-state index < -0.39 is 0 Å². The molecule has 1 atom stereocenters. The lowest BCUT2D eigenvalue weighted by Gasteiger charge is -2.46. The SMILES string of the molecule is Cc1cc(F)c(N2CC3(CCCC3)NCC2C)cc1F. The van der Waals surface area contributed by atoms with Gasteiger partial charge in [0.15, 0.2) is 0 Å². The smallest absolute Gasteiger partial charge is 0.146 e. The molecule has 1 N–H and O–H groups in total. The molecule has 2 nitrogen and oxygen atoms in total. The van der Waals surface area contributed by atoms with Gasteiger partial charge in [-0.1, -0.05) is 12.8 Å². The lowest BCUT2D eigenvalue weighted by atomic mass is 9.92. The Labute approximate surface area is 119 Å². The molecule has 1 aromatic rings. The second-order valence-electron chi connectivity index (χ2n) is 6.40. The monoisotopic (exact) mass is 280 g/mol. The zero-order valence-corrected chi connectivity index (χ0v) is 12.2. The summed E-state index contributed by atoms with van der Waals surface area (Å²) in [6, 6.07) is 2.84. The molecule has 0 aromatic heterocycles. The van der Waals surface area contributed by atoms with Crippen LogP contribution in [0.25, 0.3) is 0 Å². The van der Waals surface area contributed by atoms with E-state index in [1.807, 2.05) is 4.90 Å². The van der Waals surface area contributed by atoms with E-state index in [1.54, 1.807) is 6.92 Å². The summed E-state index contributed by atoms with van der Waals surface area (Å²) in [6.45, 7) is 5.26. The average molecular weight is 280 g/mol. The molecule has 0 amide bonds. The van der Waals surface area contributed by atoms with E-state index >= 15 is 0 Å². The van der Waals surface area contributed by atoms with Crippen molar-refractivity contribution in [3.63, 3.8) is 0 Å². The molecular weight excluding hydrogens is 258 g/mol. The van der Waals surface area contributed by atoms with Gasteiger partial charge in [-0.25, -0.2) is 8.78 Å². The number of benzene rings is 1. The molecule has 1 aliphatic heterocycles. The van der Waals surface area contributed by atoms with Crippen LogP contribution >= 0.6 is 0 Å². The average Bonchev–Trinajstić information content (AvgIpc) is 2.86. The Bertz CT molecular complexity index is 509. The van der Waals surface area contributed by atoms with Gasteiger partial charge in [-0.15, -0.1) is 0 Å². The first-order valence-corrected chi connectivity index (χ1v) is 7.48. The van der Waals surface area contributed by atoms with Crippen LogP contribution in [0.15, 0.2) is 12.1 Å². The predicted molar refractivity (Wildman–Crippen MR) is 77.1 cm³/mol. The standard InChI is InChI=1S/C16H22F2N2/c1-11-7-14(18)15(8-13(11)17)20-10-16(5-3-4-6-16)19-9-12(20)2/h7-8,12,19H,3-6,9-10H2,1-2H3. The molecule has 1 saturated heterocycles. The van der Waals surface area contributed by atoms with E-state index in [0.29, 0.717) is 11.3 Å². The lowest BCUT2D eigenvalue weighted by molar-refractivity contribution is 0.275. The molecule has 1 spiro atoms. The highest BCUT2D eigenvalue weighted by atomic mass is 19.1. The predicted octanol–water partition coefficient (Wildman–Crippen LogP) is 3.38. The van der Waals surface area contributed by atoms with Gasteiger partial charge in [-0.3, -0.25) is 0 Å². The van der Waals surface area contributed by atoms with Gasteiger partial charge in [0.05, 0.1) is 5.69 Å². The van der Waals surface area contributed by atoms with Crippen molar-refractivity contribution in [3.05, 3.63) is 29.3 Å². The van der Waals surface area contributed by atoms with Crippen LogP contribution in [0.5, 0.6) is 0 Å². The van der Waals surface area contributed by atoms with Crippen LogP contribution in [0.3, 0.4) is 0 Å². The summed E-state index contributed by atoms with van der Waals surface area (Å²) in [4.78, 5) is 2.04. The summed E-state index contributed by atoms with van der Waals surface area (Å²) < 4.78 is 28.0. The molecule has 20 heavy (non-hydrogen) atoms. The van der Waals surface area contributed by atoms with Gasteiger partial charge in [-0.2, -0.15) is 0 Å². The number of nitrogens with zero attached hydrogens (tertiary/aromatic N) is 1. The summed E-state index contributed by atoms with van der Waals surface area (Å²) >= 11 is 0. The number of anilines is 1. The molecule has 110 valence electrons.